The van der Waals surface area contributed by atoms with Crippen molar-refractivity contribution in [3.05, 3.63) is 59.7 Å². The maximum atomic E-state index is 12.6. The molecule has 1 heterocycles. The summed E-state index contributed by atoms with van der Waals surface area (Å²) < 4.78 is 5.52. The molecule has 2 amide bonds. The second-order valence-electron chi connectivity index (χ2n) is 9.29. The van der Waals surface area contributed by atoms with Gasteiger partial charge in [-0.25, -0.2) is 9.59 Å². The van der Waals surface area contributed by atoms with Crippen LogP contribution in [0.5, 0.6) is 0 Å². The Labute approximate surface area is 200 Å². The van der Waals surface area contributed by atoms with Crippen LogP contribution in [0.3, 0.4) is 0 Å². The van der Waals surface area contributed by atoms with Crippen molar-refractivity contribution in [2.45, 2.75) is 51.0 Å². The van der Waals surface area contributed by atoms with Crippen molar-refractivity contribution >= 4 is 18.0 Å². The number of ether oxygens (including phenoxy) is 1. The van der Waals surface area contributed by atoms with Crippen molar-refractivity contribution in [2.24, 2.45) is 5.92 Å². The Morgan fingerprint density at radius 1 is 1.00 bits per heavy atom. The van der Waals surface area contributed by atoms with Gasteiger partial charge in [0.25, 0.3) is 0 Å². The summed E-state index contributed by atoms with van der Waals surface area (Å²) in [5.74, 6) is -0.725. The lowest BCUT2D eigenvalue weighted by Gasteiger charge is -2.36. The zero-order valence-electron chi connectivity index (χ0n) is 19.5. The number of piperidine rings is 1. The number of nitrogens with zero attached hydrogens (tertiary/aromatic N) is 1. The van der Waals surface area contributed by atoms with Gasteiger partial charge in [0.2, 0.25) is 5.91 Å². The average molecular weight is 465 g/mol. The molecule has 0 bridgehead atoms. The van der Waals surface area contributed by atoms with E-state index in [0.29, 0.717) is 38.3 Å². The first-order valence-electron chi connectivity index (χ1n) is 12.1. The number of carbonyl (C=O) groups excluding carboxylic acids is 2. The van der Waals surface area contributed by atoms with Crippen LogP contribution in [0.1, 0.15) is 56.1 Å². The fourth-order valence-corrected chi connectivity index (χ4v) is 5.07. The fourth-order valence-electron chi connectivity index (χ4n) is 5.07. The maximum absolute atomic E-state index is 12.6. The molecule has 2 N–H and O–H groups in total. The van der Waals surface area contributed by atoms with Gasteiger partial charge in [-0.05, 0) is 53.9 Å². The first kappa shape index (κ1) is 23.8. The molecule has 7 nitrogen and oxygen atoms in total. The molecule has 34 heavy (non-hydrogen) atoms. The zero-order valence-corrected chi connectivity index (χ0v) is 19.5. The summed E-state index contributed by atoms with van der Waals surface area (Å²) in [4.78, 5) is 37.8. The van der Waals surface area contributed by atoms with Crippen molar-refractivity contribution in [3.8, 4) is 11.1 Å². The fraction of sp³-hybridized carbons (Fsp3) is 0.444. The molecule has 0 radical (unpaired) electrons. The third kappa shape index (κ3) is 5.24. The van der Waals surface area contributed by atoms with Crippen molar-refractivity contribution in [2.75, 3.05) is 19.7 Å². The Morgan fingerprint density at radius 2 is 1.65 bits per heavy atom. The monoisotopic (exact) mass is 464 g/mol. The highest BCUT2D eigenvalue weighted by molar-refractivity contribution is 5.84. The van der Waals surface area contributed by atoms with Gasteiger partial charge in [-0.3, -0.25) is 4.79 Å². The zero-order chi connectivity index (χ0) is 24.1. The molecule has 4 rings (SSSR count). The molecular weight excluding hydrogens is 432 g/mol. The number of nitrogens with one attached hydrogen (secondary N) is 1. The molecule has 2 aliphatic rings. The molecule has 0 spiro atoms. The highest BCUT2D eigenvalue weighted by Gasteiger charge is 2.34. The Hall–Kier alpha value is -3.35. The minimum atomic E-state index is -0.933. The number of hydrogen-bond acceptors (Lipinski definition) is 4. The Bertz CT molecular complexity index is 1010. The number of aliphatic carboxylic acids is 1. The Kier molecular flexibility index (Phi) is 7.50. The van der Waals surface area contributed by atoms with E-state index >= 15 is 0 Å². The lowest BCUT2D eigenvalue weighted by atomic mass is 9.93. The van der Waals surface area contributed by atoms with E-state index in [0.717, 1.165) is 6.42 Å². The lowest BCUT2D eigenvalue weighted by molar-refractivity contribution is -0.153. The third-order valence-corrected chi connectivity index (χ3v) is 6.85. The number of amides is 2. The standard InChI is InChI=1S/C27H32N2O5/c1-18-13-14-24(26(31)32)29(16-18)25(30)12-6-7-15-28-27(33)34-17-23-21-10-4-2-8-19(21)20-9-3-5-11-22(20)23/h2-5,8-11,18,23-24H,6-7,12-17H2,1H3,(H,28,33)(H,31,32). The van der Waals surface area contributed by atoms with Crippen LogP contribution in [0.4, 0.5) is 4.79 Å². The average Bonchev–Trinajstić information content (AvgIpc) is 3.16. The number of hydrogen-bond donors (Lipinski definition) is 2. The highest BCUT2D eigenvalue weighted by atomic mass is 16.5. The van der Waals surface area contributed by atoms with Gasteiger partial charge in [0.05, 0.1) is 0 Å². The SMILES string of the molecule is CC1CCC(C(=O)O)N(C(=O)CCCCNC(=O)OCC2c3ccccc3-c3ccccc32)C1. The van der Waals surface area contributed by atoms with E-state index in [4.69, 9.17) is 4.74 Å². The summed E-state index contributed by atoms with van der Waals surface area (Å²) in [5.41, 5.74) is 4.71. The van der Waals surface area contributed by atoms with Crippen LogP contribution in [0.2, 0.25) is 0 Å². The molecular formula is C27H32N2O5. The van der Waals surface area contributed by atoms with E-state index in [9.17, 15) is 19.5 Å². The van der Waals surface area contributed by atoms with Crippen molar-refractivity contribution < 1.29 is 24.2 Å². The molecule has 2 atom stereocenters. The van der Waals surface area contributed by atoms with Crippen LogP contribution < -0.4 is 5.32 Å². The maximum Gasteiger partial charge on any atom is 0.407 e. The van der Waals surface area contributed by atoms with Crippen LogP contribution >= 0.6 is 0 Å². The largest absolute Gasteiger partial charge is 0.480 e. The molecule has 1 fully saturated rings. The quantitative estimate of drug-likeness (QED) is 0.565. The minimum Gasteiger partial charge on any atom is -0.480 e. The van der Waals surface area contributed by atoms with Crippen molar-refractivity contribution in [1.29, 1.82) is 0 Å². The molecule has 1 saturated heterocycles. The third-order valence-electron chi connectivity index (χ3n) is 6.85. The number of unbranched alkanes of at least 4 members (excludes halogenated alkanes) is 1. The molecule has 2 aromatic carbocycles. The molecule has 1 aliphatic heterocycles. The van der Waals surface area contributed by atoms with E-state index in [1.165, 1.54) is 27.2 Å². The molecule has 0 saturated carbocycles. The first-order chi connectivity index (χ1) is 16.5. The molecule has 2 aromatic rings. The number of fused-ring (bicyclic) bond motifs is 3. The van der Waals surface area contributed by atoms with Gasteiger partial charge in [-0.2, -0.15) is 0 Å². The van der Waals surface area contributed by atoms with Crippen LogP contribution in [-0.2, 0) is 14.3 Å². The molecule has 1 aliphatic carbocycles. The smallest absolute Gasteiger partial charge is 0.407 e. The summed E-state index contributed by atoms with van der Waals surface area (Å²) >= 11 is 0. The summed E-state index contributed by atoms with van der Waals surface area (Å²) in [6.45, 7) is 3.20. The van der Waals surface area contributed by atoms with Crippen LogP contribution in [0, 0.1) is 5.92 Å². The van der Waals surface area contributed by atoms with Crippen LogP contribution in [0.15, 0.2) is 48.5 Å². The van der Waals surface area contributed by atoms with Gasteiger partial charge in [0, 0.05) is 25.4 Å². The number of carbonyl (C=O) groups is 3. The van der Waals surface area contributed by atoms with Gasteiger partial charge in [-0.1, -0.05) is 55.5 Å². The number of carboxylic acids is 1. The molecule has 0 aromatic heterocycles. The van der Waals surface area contributed by atoms with Crippen molar-refractivity contribution in [1.82, 2.24) is 10.2 Å². The van der Waals surface area contributed by atoms with Crippen LogP contribution in [-0.4, -0.2) is 53.7 Å². The number of alkyl carbamates (subject to hydrolysis) is 1. The minimum absolute atomic E-state index is 0.0184. The lowest BCUT2D eigenvalue weighted by Crippen LogP contribution is -2.50. The predicted octanol–water partition coefficient (Wildman–Crippen LogP) is 4.41. The van der Waals surface area contributed by atoms with Gasteiger partial charge >= 0.3 is 12.1 Å². The summed E-state index contributed by atoms with van der Waals surface area (Å²) in [7, 11) is 0. The molecule has 7 heteroatoms. The highest BCUT2D eigenvalue weighted by Crippen LogP contribution is 2.44. The second kappa shape index (κ2) is 10.7. The Balaban J connectivity index is 1.19. The molecule has 2 unspecified atom stereocenters. The number of likely N-dealkylation sites (tertiary alicyclic amines) is 1. The van der Waals surface area contributed by atoms with Gasteiger partial charge in [-0.15, -0.1) is 0 Å². The molecule has 180 valence electrons. The summed E-state index contributed by atoms with van der Waals surface area (Å²) in [6, 6.07) is 15.7. The number of benzene rings is 2. The second-order valence-corrected chi connectivity index (χ2v) is 9.29. The van der Waals surface area contributed by atoms with Crippen LogP contribution in [0.25, 0.3) is 11.1 Å². The normalized spacial score (nSPS) is 19.3. The topological polar surface area (TPSA) is 95.9 Å². The van der Waals surface area contributed by atoms with Gasteiger partial charge < -0.3 is 20.1 Å². The van der Waals surface area contributed by atoms with E-state index in [2.05, 4.69) is 29.6 Å². The number of rotatable bonds is 8. The van der Waals surface area contributed by atoms with E-state index < -0.39 is 18.1 Å². The van der Waals surface area contributed by atoms with E-state index in [1.807, 2.05) is 31.2 Å². The first-order valence-corrected chi connectivity index (χ1v) is 12.1. The summed E-state index contributed by atoms with van der Waals surface area (Å²) in [5, 5.41) is 12.2. The van der Waals surface area contributed by atoms with E-state index in [1.54, 1.807) is 0 Å². The predicted molar refractivity (Wildman–Crippen MR) is 128 cm³/mol. The Morgan fingerprint density at radius 3 is 2.29 bits per heavy atom. The van der Waals surface area contributed by atoms with E-state index in [-0.39, 0.29) is 24.9 Å². The van der Waals surface area contributed by atoms with Gasteiger partial charge in [0.15, 0.2) is 0 Å². The van der Waals surface area contributed by atoms with Crippen molar-refractivity contribution in [3.63, 3.8) is 0 Å². The van der Waals surface area contributed by atoms with Gasteiger partial charge in [0.1, 0.15) is 12.6 Å². The number of carboxylic acid groups (broad SMARTS) is 1. The summed E-state index contributed by atoms with van der Waals surface area (Å²) in [6.07, 6.45) is 2.35.